The summed E-state index contributed by atoms with van der Waals surface area (Å²) in [5, 5.41) is 6.29. The van der Waals surface area contributed by atoms with Crippen molar-refractivity contribution in [3.63, 3.8) is 0 Å². The lowest BCUT2D eigenvalue weighted by Gasteiger charge is -2.21. The average molecular weight is 405 g/mol. The van der Waals surface area contributed by atoms with Gasteiger partial charge in [0.15, 0.2) is 0 Å². The van der Waals surface area contributed by atoms with Crippen LogP contribution in [0.15, 0.2) is 0 Å². The van der Waals surface area contributed by atoms with Gasteiger partial charge in [0.25, 0.3) is 10.5 Å². The standard InChI is InChI=1S/C20H40N2O2S2/c1-15(2)16(26-18(24)22-13-11-20(6,7)8)9-14-25-17(23)21-12-10-19(3,4)5/h15-16H,9-14H2,1-8H3,(H,21,23)(H,22,24). The molecule has 0 rings (SSSR count). The molecule has 0 aliphatic carbocycles. The van der Waals surface area contributed by atoms with Gasteiger partial charge in [0, 0.05) is 24.1 Å². The molecule has 4 nitrogen and oxygen atoms in total. The number of nitrogens with one attached hydrogen (secondary N) is 2. The average Bonchev–Trinajstić information content (AvgIpc) is 2.43. The first-order valence-corrected chi connectivity index (χ1v) is 11.5. The van der Waals surface area contributed by atoms with E-state index in [2.05, 4.69) is 66.0 Å². The molecule has 0 fully saturated rings. The maximum absolute atomic E-state index is 12.1. The van der Waals surface area contributed by atoms with Crippen molar-refractivity contribution in [2.45, 2.75) is 79.9 Å². The fourth-order valence-corrected chi connectivity index (χ4v) is 3.98. The zero-order valence-electron chi connectivity index (χ0n) is 18.0. The number of rotatable bonds is 9. The van der Waals surface area contributed by atoms with Gasteiger partial charge in [-0.1, -0.05) is 78.9 Å². The molecule has 0 aliphatic rings. The van der Waals surface area contributed by atoms with Crippen molar-refractivity contribution in [3.05, 3.63) is 0 Å². The number of hydrogen-bond donors (Lipinski definition) is 2. The molecule has 154 valence electrons. The van der Waals surface area contributed by atoms with Gasteiger partial charge in [-0.2, -0.15) is 0 Å². The summed E-state index contributed by atoms with van der Waals surface area (Å²) in [6, 6.07) is 0. The monoisotopic (exact) mass is 404 g/mol. The molecule has 1 unspecified atom stereocenters. The molecular weight excluding hydrogens is 364 g/mol. The van der Waals surface area contributed by atoms with Gasteiger partial charge in [-0.25, -0.2) is 0 Å². The minimum absolute atomic E-state index is 0.0383. The molecule has 26 heavy (non-hydrogen) atoms. The minimum atomic E-state index is 0.0383. The molecule has 0 bridgehead atoms. The van der Waals surface area contributed by atoms with E-state index in [1.807, 2.05) is 0 Å². The van der Waals surface area contributed by atoms with Gasteiger partial charge in [0.2, 0.25) is 0 Å². The van der Waals surface area contributed by atoms with Crippen molar-refractivity contribution in [1.82, 2.24) is 10.6 Å². The number of hydrogen-bond acceptors (Lipinski definition) is 4. The Kier molecular flexibility index (Phi) is 12.0. The van der Waals surface area contributed by atoms with Crippen LogP contribution in [0.25, 0.3) is 0 Å². The summed E-state index contributed by atoms with van der Waals surface area (Å²) in [5.41, 5.74) is 0.462. The van der Waals surface area contributed by atoms with Gasteiger partial charge in [-0.15, -0.1) is 0 Å². The van der Waals surface area contributed by atoms with E-state index >= 15 is 0 Å². The van der Waals surface area contributed by atoms with Crippen molar-refractivity contribution in [1.29, 1.82) is 0 Å². The molecule has 0 aromatic heterocycles. The van der Waals surface area contributed by atoms with E-state index in [0.717, 1.165) is 25.0 Å². The van der Waals surface area contributed by atoms with E-state index < -0.39 is 0 Å². The second kappa shape index (κ2) is 12.2. The molecule has 0 saturated carbocycles. The van der Waals surface area contributed by atoms with Crippen LogP contribution in [-0.2, 0) is 0 Å². The Bertz CT molecular complexity index is 427. The van der Waals surface area contributed by atoms with Gasteiger partial charge in [0.1, 0.15) is 0 Å². The lowest BCUT2D eigenvalue weighted by atomic mass is 9.92. The van der Waals surface area contributed by atoms with Crippen LogP contribution in [0.3, 0.4) is 0 Å². The van der Waals surface area contributed by atoms with Crippen LogP contribution in [0.4, 0.5) is 9.59 Å². The van der Waals surface area contributed by atoms with E-state index in [-0.39, 0.29) is 26.6 Å². The Morgan fingerprint density at radius 2 is 1.31 bits per heavy atom. The highest BCUT2D eigenvalue weighted by atomic mass is 32.2. The van der Waals surface area contributed by atoms with Crippen LogP contribution in [0.5, 0.6) is 0 Å². The third-order valence-corrected chi connectivity index (χ3v) is 6.21. The predicted molar refractivity (Wildman–Crippen MR) is 118 cm³/mol. The largest absolute Gasteiger partial charge is 0.347 e. The van der Waals surface area contributed by atoms with Crippen LogP contribution in [0.1, 0.15) is 74.7 Å². The molecule has 6 heteroatoms. The van der Waals surface area contributed by atoms with E-state index in [1.54, 1.807) is 0 Å². The number of carbonyl (C=O) groups excluding carboxylic acids is 2. The summed E-state index contributed by atoms with van der Waals surface area (Å²) < 4.78 is 0. The molecule has 0 aromatic carbocycles. The summed E-state index contributed by atoms with van der Waals surface area (Å²) in [7, 11) is 0. The highest BCUT2D eigenvalue weighted by Gasteiger charge is 2.19. The first-order chi connectivity index (χ1) is 11.8. The van der Waals surface area contributed by atoms with Crippen molar-refractivity contribution >= 4 is 34.0 Å². The second-order valence-electron chi connectivity index (χ2n) is 9.59. The first-order valence-electron chi connectivity index (χ1n) is 9.65. The molecular formula is C20H40N2O2S2. The van der Waals surface area contributed by atoms with Crippen LogP contribution in [0, 0.1) is 16.7 Å². The molecule has 0 spiro atoms. The van der Waals surface area contributed by atoms with E-state index in [4.69, 9.17) is 0 Å². The number of carbonyl (C=O) groups is 2. The summed E-state index contributed by atoms with van der Waals surface area (Å²) in [6.07, 6.45) is 2.79. The Labute approximate surface area is 169 Å². The SMILES string of the molecule is CC(C)C(CCSC(=O)NCCC(C)(C)C)SC(=O)NCCC(C)(C)C. The molecule has 0 radical (unpaired) electrons. The maximum Gasteiger partial charge on any atom is 0.279 e. The Hall–Kier alpha value is -0.360. The van der Waals surface area contributed by atoms with Gasteiger partial charge in [-0.3, -0.25) is 9.59 Å². The van der Waals surface area contributed by atoms with E-state index in [9.17, 15) is 9.59 Å². The zero-order valence-corrected chi connectivity index (χ0v) is 19.7. The van der Waals surface area contributed by atoms with E-state index in [1.165, 1.54) is 23.5 Å². The zero-order chi connectivity index (χ0) is 20.4. The molecule has 0 saturated heterocycles. The van der Waals surface area contributed by atoms with E-state index in [0.29, 0.717) is 19.0 Å². The lowest BCUT2D eigenvalue weighted by Crippen LogP contribution is -2.27. The van der Waals surface area contributed by atoms with Gasteiger partial charge < -0.3 is 10.6 Å². The van der Waals surface area contributed by atoms with Gasteiger partial charge >= 0.3 is 0 Å². The summed E-state index contributed by atoms with van der Waals surface area (Å²) in [4.78, 5) is 24.0. The molecule has 1 atom stereocenters. The number of thioether (sulfide) groups is 2. The molecule has 2 N–H and O–H groups in total. The highest BCUT2D eigenvalue weighted by Crippen LogP contribution is 2.26. The summed E-state index contributed by atoms with van der Waals surface area (Å²) >= 11 is 2.71. The van der Waals surface area contributed by atoms with Gasteiger partial charge in [-0.05, 0) is 36.0 Å². The molecule has 0 aliphatic heterocycles. The second-order valence-corrected chi connectivity index (χ2v) is 11.9. The third-order valence-electron chi connectivity index (χ3n) is 3.93. The molecule has 2 amide bonds. The molecule has 0 aromatic rings. The lowest BCUT2D eigenvalue weighted by molar-refractivity contribution is 0.257. The Morgan fingerprint density at radius 1 is 0.846 bits per heavy atom. The summed E-state index contributed by atoms with van der Waals surface area (Å²) in [5.74, 6) is 1.14. The highest BCUT2D eigenvalue weighted by molar-refractivity contribution is 8.14. The van der Waals surface area contributed by atoms with Crippen LogP contribution < -0.4 is 10.6 Å². The quantitative estimate of drug-likeness (QED) is 0.483. The topological polar surface area (TPSA) is 58.2 Å². The number of amides is 2. The Morgan fingerprint density at radius 3 is 1.73 bits per heavy atom. The van der Waals surface area contributed by atoms with Crippen LogP contribution in [-0.4, -0.2) is 34.6 Å². The maximum atomic E-state index is 12.1. The first kappa shape index (κ1) is 25.6. The smallest absolute Gasteiger partial charge is 0.279 e. The van der Waals surface area contributed by atoms with Crippen molar-refractivity contribution in [3.8, 4) is 0 Å². The molecule has 0 heterocycles. The van der Waals surface area contributed by atoms with Crippen molar-refractivity contribution in [2.75, 3.05) is 18.8 Å². The minimum Gasteiger partial charge on any atom is -0.347 e. The fraction of sp³-hybridized carbons (Fsp3) is 0.900. The summed E-state index contributed by atoms with van der Waals surface area (Å²) in [6.45, 7) is 18.7. The Balaban J connectivity index is 4.09. The van der Waals surface area contributed by atoms with Crippen LogP contribution in [0.2, 0.25) is 0 Å². The normalized spacial score (nSPS) is 13.6. The van der Waals surface area contributed by atoms with Crippen LogP contribution >= 0.6 is 23.5 Å². The van der Waals surface area contributed by atoms with Crippen molar-refractivity contribution < 1.29 is 9.59 Å². The predicted octanol–water partition coefficient (Wildman–Crippen LogP) is 6.16. The fourth-order valence-electron chi connectivity index (χ4n) is 2.11. The van der Waals surface area contributed by atoms with Gasteiger partial charge in [0.05, 0.1) is 0 Å². The van der Waals surface area contributed by atoms with Crippen molar-refractivity contribution in [2.24, 2.45) is 16.7 Å². The third kappa shape index (κ3) is 15.9.